The standard InChI is InChI=1S/C28H26ClNO5/c1-5-35-20-12-13-22(29)21(15-20)26(31)24-25(18-9-7-10-19(14-18)34-4)30(28(33)27(24)32)23-11-6-8-16(2)17(23)3/h6-15,25,31H,5H2,1-4H3/b26-24+. The number of ether oxygens (including phenoxy) is 2. The number of methoxy groups -OCH3 is 1. The Balaban J connectivity index is 2.00. The van der Waals surface area contributed by atoms with Gasteiger partial charge in [-0.2, -0.15) is 0 Å². The lowest BCUT2D eigenvalue weighted by Gasteiger charge is -2.27. The Kier molecular flexibility index (Phi) is 6.85. The SMILES string of the molecule is CCOc1ccc(Cl)c(/C(O)=C2\C(=O)C(=O)N(c3cccc(C)c3C)C2c2cccc(OC)c2)c1. The topological polar surface area (TPSA) is 76.1 Å². The van der Waals surface area contributed by atoms with Crippen molar-refractivity contribution in [2.45, 2.75) is 26.8 Å². The summed E-state index contributed by atoms with van der Waals surface area (Å²) in [6.45, 7) is 6.10. The molecular formula is C28H26ClNO5. The van der Waals surface area contributed by atoms with Crippen molar-refractivity contribution in [1.82, 2.24) is 0 Å². The molecule has 1 N–H and O–H groups in total. The number of nitrogens with zero attached hydrogens (tertiary/aromatic N) is 1. The van der Waals surface area contributed by atoms with Crippen LogP contribution in [0.4, 0.5) is 5.69 Å². The molecule has 6 nitrogen and oxygen atoms in total. The molecule has 180 valence electrons. The number of hydrogen-bond donors (Lipinski definition) is 1. The molecule has 0 aliphatic carbocycles. The highest BCUT2D eigenvalue weighted by Crippen LogP contribution is 2.45. The Bertz CT molecular complexity index is 1350. The highest BCUT2D eigenvalue weighted by Gasteiger charge is 2.47. The van der Waals surface area contributed by atoms with Crippen molar-refractivity contribution in [3.63, 3.8) is 0 Å². The minimum atomic E-state index is -0.891. The minimum Gasteiger partial charge on any atom is -0.507 e. The minimum absolute atomic E-state index is 0.0558. The number of anilines is 1. The number of aryl methyl sites for hydroxylation is 1. The van der Waals surface area contributed by atoms with Crippen LogP contribution < -0.4 is 14.4 Å². The van der Waals surface area contributed by atoms with Gasteiger partial charge in [0.15, 0.2) is 0 Å². The van der Waals surface area contributed by atoms with E-state index in [1.54, 1.807) is 55.6 Å². The number of Topliss-reactive ketones (excluding diaryl/α,β-unsaturated/α-hetero) is 1. The summed E-state index contributed by atoms with van der Waals surface area (Å²) in [5.41, 5.74) is 3.19. The van der Waals surface area contributed by atoms with Gasteiger partial charge >= 0.3 is 0 Å². The Morgan fingerprint density at radius 1 is 1.03 bits per heavy atom. The van der Waals surface area contributed by atoms with Crippen LogP contribution in [0, 0.1) is 13.8 Å². The maximum Gasteiger partial charge on any atom is 0.300 e. The second kappa shape index (κ2) is 9.84. The van der Waals surface area contributed by atoms with Crippen LogP contribution in [0.2, 0.25) is 5.02 Å². The monoisotopic (exact) mass is 491 g/mol. The second-order valence-electron chi connectivity index (χ2n) is 8.24. The van der Waals surface area contributed by atoms with Crippen LogP contribution in [0.25, 0.3) is 5.76 Å². The zero-order valence-corrected chi connectivity index (χ0v) is 20.7. The van der Waals surface area contributed by atoms with Crippen molar-refractivity contribution < 1.29 is 24.2 Å². The fourth-order valence-electron chi connectivity index (χ4n) is 4.29. The van der Waals surface area contributed by atoms with Crippen molar-refractivity contribution in [3.8, 4) is 11.5 Å². The van der Waals surface area contributed by atoms with Gasteiger partial charge in [0.05, 0.1) is 30.4 Å². The highest BCUT2D eigenvalue weighted by atomic mass is 35.5. The molecule has 0 bridgehead atoms. The van der Waals surface area contributed by atoms with Crippen molar-refractivity contribution in [2.24, 2.45) is 0 Å². The van der Waals surface area contributed by atoms with E-state index in [2.05, 4.69) is 0 Å². The summed E-state index contributed by atoms with van der Waals surface area (Å²) in [6, 6.07) is 16.6. The molecule has 0 aromatic heterocycles. The fraction of sp³-hybridized carbons (Fsp3) is 0.214. The van der Waals surface area contributed by atoms with Gasteiger partial charge in [-0.25, -0.2) is 0 Å². The van der Waals surface area contributed by atoms with E-state index in [-0.39, 0.29) is 21.9 Å². The van der Waals surface area contributed by atoms with E-state index in [1.807, 2.05) is 32.9 Å². The van der Waals surface area contributed by atoms with E-state index in [9.17, 15) is 14.7 Å². The molecule has 1 amide bonds. The van der Waals surface area contributed by atoms with Crippen LogP contribution in [-0.4, -0.2) is 30.5 Å². The summed E-state index contributed by atoms with van der Waals surface area (Å²) in [7, 11) is 1.54. The number of aliphatic hydroxyl groups excluding tert-OH is 1. The molecule has 1 atom stereocenters. The first-order chi connectivity index (χ1) is 16.8. The summed E-state index contributed by atoms with van der Waals surface area (Å²) >= 11 is 6.42. The van der Waals surface area contributed by atoms with Gasteiger partial charge in [-0.3, -0.25) is 14.5 Å². The van der Waals surface area contributed by atoms with Crippen LogP contribution in [0.5, 0.6) is 11.5 Å². The van der Waals surface area contributed by atoms with Crippen molar-refractivity contribution in [3.05, 3.63) is 93.5 Å². The number of carbonyl (C=O) groups excluding carboxylic acids is 2. The van der Waals surface area contributed by atoms with E-state index in [4.69, 9.17) is 21.1 Å². The van der Waals surface area contributed by atoms with Crippen molar-refractivity contribution in [1.29, 1.82) is 0 Å². The van der Waals surface area contributed by atoms with E-state index >= 15 is 0 Å². The molecule has 3 aromatic carbocycles. The number of halogens is 1. The van der Waals surface area contributed by atoms with Gasteiger partial charge in [0.25, 0.3) is 11.7 Å². The number of amides is 1. The summed E-state index contributed by atoms with van der Waals surface area (Å²) in [5, 5.41) is 11.7. The zero-order valence-electron chi connectivity index (χ0n) is 20.0. The molecule has 35 heavy (non-hydrogen) atoms. The summed E-state index contributed by atoms with van der Waals surface area (Å²) in [6.07, 6.45) is 0. The largest absolute Gasteiger partial charge is 0.507 e. The van der Waals surface area contributed by atoms with Gasteiger partial charge in [0, 0.05) is 11.3 Å². The summed E-state index contributed by atoms with van der Waals surface area (Å²) in [4.78, 5) is 28.3. The smallest absolute Gasteiger partial charge is 0.300 e. The van der Waals surface area contributed by atoms with Crippen LogP contribution in [-0.2, 0) is 9.59 Å². The normalized spacial score (nSPS) is 17.1. The zero-order chi connectivity index (χ0) is 25.3. The molecule has 7 heteroatoms. The molecule has 0 saturated carbocycles. The third-order valence-electron chi connectivity index (χ3n) is 6.19. The Morgan fingerprint density at radius 2 is 1.77 bits per heavy atom. The average Bonchev–Trinajstić information content (AvgIpc) is 3.12. The summed E-state index contributed by atoms with van der Waals surface area (Å²) < 4.78 is 10.9. The molecule has 1 unspecified atom stereocenters. The van der Waals surface area contributed by atoms with E-state index in [0.29, 0.717) is 29.4 Å². The average molecular weight is 492 g/mol. The van der Waals surface area contributed by atoms with E-state index in [1.165, 1.54) is 4.90 Å². The Labute approximate surface area is 209 Å². The van der Waals surface area contributed by atoms with E-state index in [0.717, 1.165) is 11.1 Å². The predicted octanol–water partition coefficient (Wildman–Crippen LogP) is 5.99. The van der Waals surface area contributed by atoms with Crippen LogP contribution >= 0.6 is 11.6 Å². The number of aliphatic hydroxyl groups is 1. The lowest BCUT2D eigenvalue weighted by molar-refractivity contribution is -0.132. The molecular weight excluding hydrogens is 466 g/mol. The van der Waals surface area contributed by atoms with Gasteiger partial charge in [-0.05, 0) is 73.9 Å². The molecule has 4 rings (SSSR count). The van der Waals surface area contributed by atoms with E-state index < -0.39 is 17.7 Å². The molecule has 0 spiro atoms. The third-order valence-corrected chi connectivity index (χ3v) is 6.52. The molecule has 1 aliphatic heterocycles. The highest BCUT2D eigenvalue weighted by molar-refractivity contribution is 6.52. The maximum atomic E-state index is 13.5. The molecule has 1 heterocycles. The lowest BCUT2D eigenvalue weighted by atomic mass is 9.94. The molecule has 0 radical (unpaired) electrons. The Hall–Kier alpha value is -3.77. The maximum absolute atomic E-state index is 13.5. The van der Waals surface area contributed by atoms with Gasteiger partial charge in [-0.15, -0.1) is 0 Å². The third kappa shape index (κ3) is 4.37. The first kappa shape index (κ1) is 24.4. The van der Waals surface area contributed by atoms with Gasteiger partial charge < -0.3 is 14.6 Å². The quantitative estimate of drug-likeness (QED) is 0.260. The molecule has 1 saturated heterocycles. The number of hydrogen-bond acceptors (Lipinski definition) is 5. The van der Waals surface area contributed by atoms with Crippen molar-refractivity contribution >= 4 is 34.7 Å². The molecule has 1 aliphatic rings. The molecule has 1 fully saturated rings. The van der Waals surface area contributed by atoms with Crippen LogP contribution in [0.1, 0.15) is 35.2 Å². The molecule has 3 aromatic rings. The van der Waals surface area contributed by atoms with Gasteiger partial charge in [-0.1, -0.05) is 35.9 Å². The fourth-order valence-corrected chi connectivity index (χ4v) is 4.50. The first-order valence-corrected chi connectivity index (χ1v) is 11.6. The first-order valence-electron chi connectivity index (χ1n) is 11.2. The van der Waals surface area contributed by atoms with Gasteiger partial charge in [0.2, 0.25) is 0 Å². The van der Waals surface area contributed by atoms with Gasteiger partial charge in [0.1, 0.15) is 17.3 Å². The van der Waals surface area contributed by atoms with Crippen LogP contribution in [0.15, 0.2) is 66.2 Å². The number of rotatable bonds is 6. The second-order valence-corrected chi connectivity index (χ2v) is 8.65. The lowest BCUT2D eigenvalue weighted by Crippen LogP contribution is -2.30. The summed E-state index contributed by atoms with van der Waals surface area (Å²) in [5.74, 6) is -0.847. The number of carbonyl (C=O) groups is 2. The van der Waals surface area contributed by atoms with Crippen LogP contribution in [0.3, 0.4) is 0 Å². The number of benzene rings is 3. The Morgan fingerprint density at radius 3 is 2.49 bits per heavy atom. The predicted molar refractivity (Wildman–Crippen MR) is 136 cm³/mol. The van der Waals surface area contributed by atoms with Crippen molar-refractivity contribution in [2.75, 3.05) is 18.6 Å². The number of ketones is 1.